The van der Waals surface area contributed by atoms with Gasteiger partial charge in [0.15, 0.2) is 0 Å². The normalized spacial score (nSPS) is 34.1. The second-order valence-electron chi connectivity index (χ2n) is 7.30. The minimum atomic E-state index is -3.88. The van der Waals surface area contributed by atoms with Gasteiger partial charge in [0.1, 0.15) is 0 Å². The van der Waals surface area contributed by atoms with Crippen molar-refractivity contribution in [3.8, 4) is 0 Å². The molecule has 1 aromatic carbocycles. The fraction of sp³-hybridized carbons (Fsp3) is 0.684. The monoisotopic (exact) mass is 344 g/mol. The van der Waals surface area contributed by atoms with Crippen LogP contribution >= 0.6 is 0 Å². The van der Waals surface area contributed by atoms with Crippen LogP contribution in [0.3, 0.4) is 0 Å². The molecule has 0 N–H and O–H groups in total. The smallest absolute Gasteiger partial charge is 0.254 e. The molecule has 0 aromatic heterocycles. The summed E-state index contributed by atoms with van der Waals surface area (Å²) >= 11 is 0. The van der Waals surface area contributed by atoms with Gasteiger partial charge in [-0.15, -0.1) is 0 Å². The maximum Gasteiger partial charge on any atom is 0.369 e. The molecule has 1 aliphatic carbocycles. The highest BCUT2D eigenvalue weighted by atomic mass is 19.3. The summed E-state index contributed by atoms with van der Waals surface area (Å²) in [6, 6.07) is 6.92. The zero-order chi connectivity index (χ0) is 17.6. The van der Waals surface area contributed by atoms with Crippen molar-refractivity contribution < 1.29 is 22.3 Å². The molecule has 24 heavy (non-hydrogen) atoms. The number of aryl methyl sites for hydroxylation is 1. The van der Waals surface area contributed by atoms with Crippen LogP contribution in [0.4, 0.5) is 17.6 Å². The van der Waals surface area contributed by atoms with E-state index < -0.39 is 23.0 Å². The first-order chi connectivity index (χ1) is 11.2. The zero-order valence-corrected chi connectivity index (χ0v) is 14.2. The largest absolute Gasteiger partial charge is 0.369 e. The average molecular weight is 344 g/mol. The Morgan fingerprint density at radius 2 is 1.46 bits per heavy atom. The molecule has 2 heterocycles. The Bertz CT molecular complexity index is 586. The zero-order valence-electron chi connectivity index (χ0n) is 14.2. The van der Waals surface area contributed by atoms with Crippen molar-refractivity contribution in [2.24, 2.45) is 5.41 Å². The molecule has 0 spiro atoms. The van der Waals surface area contributed by atoms with Gasteiger partial charge in [0.25, 0.3) is 0 Å². The van der Waals surface area contributed by atoms with E-state index in [9.17, 15) is 17.6 Å². The Morgan fingerprint density at radius 1 is 0.875 bits per heavy atom. The number of fused-ring (bicyclic) bond motifs is 4. The van der Waals surface area contributed by atoms with Crippen molar-refractivity contribution in [3.63, 3.8) is 0 Å². The molecule has 0 atom stereocenters. The Kier molecular flexibility index (Phi) is 4.22. The van der Waals surface area contributed by atoms with Crippen molar-refractivity contribution in [2.75, 3.05) is 0 Å². The molecule has 2 aliphatic heterocycles. The van der Waals surface area contributed by atoms with E-state index in [2.05, 4.69) is 4.74 Å². The lowest BCUT2D eigenvalue weighted by molar-refractivity contribution is -0.409. The first-order valence-corrected chi connectivity index (χ1v) is 8.77. The number of hydrogen-bond acceptors (Lipinski definition) is 1. The van der Waals surface area contributed by atoms with Gasteiger partial charge in [-0.2, -0.15) is 17.6 Å². The highest BCUT2D eigenvalue weighted by Crippen LogP contribution is 2.65. The number of rotatable bonds is 4. The first-order valence-electron chi connectivity index (χ1n) is 8.77. The predicted molar refractivity (Wildman–Crippen MR) is 84.3 cm³/mol. The molecule has 5 heteroatoms. The lowest BCUT2D eigenvalue weighted by Crippen LogP contribution is -2.47. The Morgan fingerprint density at radius 3 is 1.96 bits per heavy atom. The van der Waals surface area contributed by atoms with Gasteiger partial charge in [-0.3, -0.25) is 4.74 Å². The van der Waals surface area contributed by atoms with Gasteiger partial charge in [0.2, 0.25) is 0 Å². The van der Waals surface area contributed by atoms with Crippen molar-refractivity contribution in [1.82, 2.24) is 0 Å². The number of alkyl halides is 4. The molecule has 0 amide bonds. The van der Waals surface area contributed by atoms with Crippen molar-refractivity contribution >= 4 is 0 Å². The first kappa shape index (κ1) is 17.7. The highest BCUT2D eigenvalue weighted by molar-refractivity contribution is 5.33. The minimum Gasteiger partial charge on any atom is -0.254 e. The number of hydrogen-bond donors (Lipinski definition) is 0. The van der Waals surface area contributed by atoms with Gasteiger partial charge in [-0.25, -0.2) is 0 Å². The summed E-state index contributed by atoms with van der Waals surface area (Å²) in [4.78, 5) is 0. The van der Waals surface area contributed by atoms with Crippen LogP contribution in [0.25, 0.3) is 0 Å². The lowest BCUT2D eigenvalue weighted by atomic mass is 9.60. The summed E-state index contributed by atoms with van der Waals surface area (Å²) in [5.41, 5.74) is -1.67. The third-order valence-electron chi connectivity index (χ3n) is 6.13. The van der Waals surface area contributed by atoms with Crippen molar-refractivity contribution in [2.45, 2.75) is 76.4 Å². The van der Waals surface area contributed by atoms with Gasteiger partial charge in [0.05, 0.1) is 10.8 Å². The van der Waals surface area contributed by atoms with E-state index in [0.717, 1.165) is 12.0 Å². The van der Waals surface area contributed by atoms with E-state index in [1.807, 2.05) is 6.92 Å². The van der Waals surface area contributed by atoms with Gasteiger partial charge in [0, 0.05) is 0 Å². The summed E-state index contributed by atoms with van der Waals surface area (Å²) in [6.45, 7) is 3.79. The standard InChI is InChI=1S/C19H24F4O/c1-3-9-16-10-12-17(13-11-16,19(22,23)24-18(16,20)21)15-7-5-14(4-2)6-8-15/h5-8H,3-4,9-13H2,1-2H3. The van der Waals surface area contributed by atoms with Gasteiger partial charge in [-0.1, -0.05) is 44.5 Å². The second-order valence-corrected chi connectivity index (χ2v) is 7.30. The molecule has 4 rings (SSSR count). The number of ether oxygens (including phenoxy) is 1. The second kappa shape index (κ2) is 5.72. The molecule has 0 radical (unpaired) electrons. The van der Waals surface area contributed by atoms with Crippen LogP contribution in [-0.4, -0.2) is 12.2 Å². The van der Waals surface area contributed by atoms with E-state index >= 15 is 0 Å². The topological polar surface area (TPSA) is 9.23 Å². The summed E-state index contributed by atoms with van der Waals surface area (Å²) in [7, 11) is 0. The molecule has 1 saturated carbocycles. The molecule has 1 aromatic rings. The van der Waals surface area contributed by atoms with Crippen LogP contribution in [-0.2, 0) is 16.6 Å². The quantitative estimate of drug-likeness (QED) is 0.603. The number of halogens is 4. The molecule has 3 fully saturated rings. The maximum atomic E-state index is 14.9. The van der Waals surface area contributed by atoms with Crippen LogP contribution < -0.4 is 0 Å². The third-order valence-corrected chi connectivity index (χ3v) is 6.13. The number of benzene rings is 1. The van der Waals surface area contributed by atoms with E-state index in [0.29, 0.717) is 12.0 Å². The SMILES string of the molecule is CCCC12CCC(c3ccc(CC)cc3)(CC1)C(F)(F)OC2(F)F. The van der Waals surface area contributed by atoms with E-state index in [1.54, 1.807) is 31.2 Å². The molecule has 0 unspecified atom stereocenters. The molecule has 1 nitrogen and oxygen atoms in total. The Balaban J connectivity index is 2.06. The Hall–Kier alpha value is -1.10. The maximum absolute atomic E-state index is 14.9. The summed E-state index contributed by atoms with van der Waals surface area (Å²) < 4.78 is 63.2. The molecular formula is C19H24F4O. The minimum absolute atomic E-state index is 0.0288. The molecule has 2 bridgehead atoms. The van der Waals surface area contributed by atoms with Crippen LogP contribution in [0.5, 0.6) is 0 Å². The van der Waals surface area contributed by atoms with E-state index in [4.69, 9.17) is 0 Å². The van der Waals surface area contributed by atoms with Crippen LogP contribution in [0.2, 0.25) is 0 Å². The average Bonchev–Trinajstić information content (AvgIpc) is 2.64. The third kappa shape index (κ3) is 2.39. The predicted octanol–water partition coefficient (Wildman–Crippen LogP) is 6.06. The van der Waals surface area contributed by atoms with Crippen LogP contribution in [0.1, 0.15) is 63.5 Å². The molecule has 134 valence electrons. The van der Waals surface area contributed by atoms with E-state index in [-0.39, 0.29) is 32.1 Å². The van der Waals surface area contributed by atoms with Crippen LogP contribution in [0, 0.1) is 5.41 Å². The molecule has 3 aliphatic rings. The highest BCUT2D eigenvalue weighted by Gasteiger charge is 2.71. The van der Waals surface area contributed by atoms with Gasteiger partial charge >= 0.3 is 12.2 Å². The van der Waals surface area contributed by atoms with Gasteiger partial charge < -0.3 is 0 Å². The fourth-order valence-corrected chi connectivity index (χ4v) is 4.49. The summed E-state index contributed by atoms with van der Waals surface area (Å²) in [6.07, 6.45) is -5.94. The van der Waals surface area contributed by atoms with Crippen molar-refractivity contribution in [1.29, 1.82) is 0 Å². The van der Waals surface area contributed by atoms with E-state index in [1.165, 1.54) is 0 Å². The van der Waals surface area contributed by atoms with Gasteiger partial charge in [-0.05, 0) is 49.7 Å². The fourth-order valence-electron chi connectivity index (χ4n) is 4.49. The lowest BCUT2D eigenvalue weighted by Gasteiger charge is -2.43. The Labute approximate surface area is 140 Å². The molecule has 2 saturated heterocycles. The summed E-state index contributed by atoms with van der Waals surface area (Å²) in [5, 5.41) is 0. The summed E-state index contributed by atoms with van der Waals surface area (Å²) in [5.74, 6) is 0. The van der Waals surface area contributed by atoms with Crippen molar-refractivity contribution in [3.05, 3.63) is 35.4 Å². The van der Waals surface area contributed by atoms with Crippen LogP contribution in [0.15, 0.2) is 24.3 Å². The molecular weight excluding hydrogens is 320 g/mol.